The summed E-state index contributed by atoms with van der Waals surface area (Å²) < 4.78 is 5.37. The van der Waals surface area contributed by atoms with E-state index in [0.29, 0.717) is 11.7 Å². The summed E-state index contributed by atoms with van der Waals surface area (Å²) in [7, 11) is 0. The van der Waals surface area contributed by atoms with Crippen molar-refractivity contribution in [2.75, 3.05) is 0 Å². The molecule has 4 nitrogen and oxygen atoms in total. The van der Waals surface area contributed by atoms with Crippen molar-refractivity contribution in [3.8, 4) is 11.4 Å². The van der Waals surface area contributed by atoms with Crippen molar-refractivity contribution in [3.63, 3.8) is 0 Å². The van der Waals surface area contributed by atoms with E-state index < -0.39 is 0 Å². The predicted molar refractivity (Wildman–Crippen MR) is 83.0 cm³/mol. The fraction of sp³-hybridized carbons (Fsp3) is 0.188. The molecule has 0 saturated heterocycles. The molecule has 0 amide bonds. The first-order valence-electron chi connectivity index (χ1n) is 6.70. The van der Waals surface area contributed by atoms with Gasteiger partial charge in [-0.2, -0.15) is 4.98 Å². The number of thioether (sulfide) groups is 1. The van der Waals surface area contributed by atoms with E-state index in [2.05, 4.69) is 53.2 Å². The van der Waals surface area contributed by atoms with E-state index in [1.54, 1.807) is 24.2 Å². The van der Waals surface area contributed by atoms with E-state index in [4.69, 9.17) is 4.52 Å². The normalized spacial score (nSPS) is 12.3. The Labute approximate surface area is 127 Å². The van der Waals surface area contributed by atoms with E-state index in [1.807, 2.05) is 12.1 Å². The zero-order valence-corrected chi connectivity index (χ0v) is 12.7. The number of benzene rings is 1. The highest BCUT2D eigenvalue weighted by molar-refractivity contribution is 7.99. The maximum absolute atomic E-state index is 5.37. The third kappa shape index (κ3) is 3.31. The molecule has 3 aromatic rings. The van der Waals surface area contributed by atoms with Crippen molar-refractivity contribution in [2.24, 2.45) is 0 Å². The largest absolute Gasteiger partial charge is 0.338 e. The first-order valence-corrected chi connectivity index (χ1v) is 7.57. The fourth-order valence-corrected chi connectivity index (χ4v) is 2.79. The van der Waals surface area contributed by atoms with Crippen LogP contribution in [0.2, 0.25) is 0 Å². The summed E-state index contributed by atoms with van der Waals surface area (Å²) in [6, 6.07) is 12.2. The molecule has 0 saturated carbocycles. The molecule has 0 fully saturated rings. The van der Waals surface area contributed by atoms with Crippen molar-refractivity contribution >= 4 is 11.8 Å². The molecule has 3 rings (SSSR count). The van der Waals surface area contributed by atoms with Gasteiger partial charge in [0.05, 0.1) is 5.25 Å². The van der Waals surface area contributed by atoms with Crippen LogP contribution < -0.4 is 0 Å². The van der Waals surface area contributed by atoms with Crippen LogP contribution in [0.5, 0.6) is 0 Å². The van der Waals surface area contributed by atoms with Crippen LogP contribution in [0.4, 0.5) is 0 Å². The van der Waals surface area contributed by atoms with Gasteiger partial charge in [0.25, 0.3) is 0 Å². The van der Waals surface area contributed by atoms with E-state index in [-0.39, 0.29) is 5.25 Å². The lowest BCUT2D eigenvalue weighted by molar-refractivity contribution is 0.381. The molecule has 1 atom stereocenters. The molecule has 0 N–H and O–H groups in total. The highest BCUT2D eigenvalue weighted by Crippen LogP contribution is 2.34. The number of hydrogen-bond donors (Lipinski definition) is 0. The van der Waals surface area contributed by atoms with Crippen molar-refractivity contribution in [2.45, 2.75) is 24.0 Å². The van der Waals surface area contributed by atoms with Crippen LogP contribution >= 0.6 is 11.8 Å². The average molecular weight is 297 g/mol. The van der Waals surface area contributed by atoms with Crippen LogP contribution in [-0.2, 0) is 0 Å². The zero-order chi connectivity index (χ0) is 14.7. The van der Waals surface area contributed by atoms with Gasteiger partial charge in [0.15, 0.2) is 0 Å². The van der Waals surface area contributed by atoms with Gasteiger partial charge >= 0.3 is 0 Å². The first-order chi connectivity index (χ1) is 10.2. The van der Waals surface area contributed by atoms with Crippen LogP contribution in [0.3, 0.4) is 0 Å². The van der Waals surface area contributed by atoms with E-state index in [0.717, 1.165) is 5.56 Å². The fourth-order valence-electron chi connectivity index (χ4n) is 1.89. The van der Waals surface area contributed by atoms with Crippen molar-refractivity contribution in [3.05, 3.63) is 60.2 Å². The Balaban J connectivity index is 1.75. The SMILES string of the molecule is Cc1ccc(S[C@@H](C)c2nc(-c3ccncc3)no2)cc1. The summed E-state index contributed by atoms with van der Waals surface area (Å²) in [5.41, 5.74) is 2.16. The molecule has 5 heteroatoms. The number of aryl methyl sites for hydroxylation is 1. The van der Waals surface area contributed by atoms with Gasteiger partial charge in [0.1, 0.15) is 0 Å². The molecule has 0 bridgehead atoms. The molecule has 1 aromatic carbocycles. The third-order valence-electron chi connectivity index (χ3n) is 3.06. The Morgan fingerprint density at radius 2 is 1.76 bits per heavy atom. The number of nitrogens with zero attached hydrogens (tertiary/aromatic N) is 3. The van der Waals surface area contributed by atoms with Gasteiger partial charge in [-0.15, -0.1) is 11.8 Å². The lowest BCUT2D eigenvalue weighted by atomic mass is 10.2. The second-order valence-corrected chi connectivity index (χ2v) is 6.18. The molecule has 0 unspecified atom stereocenters. The van der Waals surface area contributed by atoms with Crippen LogP contribution in [0, 0.1) is 6.92 Å². The topological polar surface area (TPSA) is 51.8 Å². The number of aromatic nitrogens is 3. The molecule has 0 aliphatic carbocycles. The molecular weight excluding hydrogens is 282 g/mol. The molecule has 0 aliphatic rings. The van der Waals surface area contributed by atoms with Crippen LogP contribution in [0.25, 0.3) is 11.4 Å². The Morgan fingerprint density at radius 1 is 1.05 bits per heavy atom. The Kier molecular flexibility index (Phi) is 4.01. The summed E-state index contributed by atoms with van der Waals surface area (Å²) >= 11 is 1.71. The third-order valence-corrected chi connectivity index (χ3v) is 4.16. The maximum Gasteiger partial charge on any atom is 0.240 e. The van der Waals surface area contributed by atoms with Gasteiger partial charge < -0.3 is 4.52 Å². The zero-order valence-electron chi connectivity index (χ0n) is 11.9. The average Bonchev–Trinajstić information content (AvgIpc) is 3.00. The molecule has 2 heterocycles. The highest BCUT2D eigenvalue weighted by atomic mass is 32.2. The quantitative estimate of drug-likeness (QED) is 0.672. The van der Waals surface area contributed by atoms with Crippen molar-refractivity contribution < 1.29 is 4.52 Å². The van der Waals surface area contributed by atoms with Gasteiger partial charge in [0, 0.05) is 22.9 Å². The van der Waals surface area contributed by atoms with Gasteiger partial charge in [-0.25, -0.2) is 0 Å². The Bertz CT molecular complexity index is 710. The minimum atomic E-state index is 0.107. The van der Waals surface area contributed by atoms with Crippen LogP contribution in [0.15, 0.2) is 58.2 Å². The summed E-state index contributed by atoms with van der Waals surface area (Å²) in [6.07, 6.45) is 3.44. The molecule has 2 aromatic heterocycles. The lowest BCUT2D eigenvalue weighted by Crippen LogP contribution is -1.89. The van der Waals surface area contributed by atoms with Crippen molar-refractivity contribution in [1.82, 2.24) is 15.1 Å². The molecule has 0 radical (unpaired) electrons. The second kappa shape index (κ2) is 6.10. The molecule has 0 aliphatic heterocycles. The Morgan fingerprint density at radius 3 is 2.48 bits per heavy atom. The van der Waals surface area contributed by atoms with Gasteiger partial charge in [-0.3, -0.25) is 4.98 Å². The molecule has 0 spiro atoms. The number of pyridine rings is 1. The van der Waals surface area contributed by atoms with Crippen LogP contribution in [0.1, 0.15) is 23.6 Å². The molecule has 21 heavy (non-hydrogen) atoms. The standard InChI is InChI=1S/C16H15N3OS/c1-11-3-5-14(6-4-11)21-12(2)16-18-15(19-20-16)13-7-9-17-10-8-13/h3-10,12H,1-2H3/t12-/m0/s1. The van der Waals surface area contributed by atoms with Gasteiger partial charge in [-0.05, 0) is 38.1 Å². The minimum Gasteiger partial charge on any atom is -0.338 e. The lowest BCUT2D eigenvalue weighted by Gasteiger charge is -2.06. The highest BCUT2D eigenvalue weighted by Gasteiger charge is 2.16. The monoisotopic (exact) mass is 297 g/mol. The second-order valence-electron chi connectivity index (χ2n) is 4.77. The minimum absolute atomic E-state index is 0.107. The maximum atomic E-state index is 5.37. The van der Waals surface area contributed by atoms with E-state index >= 15 is 0 Å². The number of hydrogen-bond acceptors (Lipinski definition) is 5. The predicted octanol–water partition coefficient (Wildman–Crippen LogP) is 4.29. The van der Waals surface area contributed by atoms with E-state index in [9.17, 15) is 0 Å². The first kappa shape index (κ1) is 13.8. The summed E-state index contributed by atoms with van der Waals surface area (Å²) in [5.74, 6) is 1.23. The van der Waals surface area contributed by atoms with Crippen LogP contribution in [-0.4, -0.2) is 15.1 Å². The summed E-state index contributed by atoms with van der Waals surface area (Å²) in [4.78, 5) is 9.64. The molecular formula is C16H15N3OS. The summed E-state index contributed by atoms with van der Waals surface area (Å²) in [6.45, 7) is 4.14. The number of rotatable bonds is 4. The Hall–Kier alpha value is -2.14. The van der Waals surface area contributed by atoms with Gasteiger partial charge in [-0.1, -0.05) is 22.9 Å². The van der Waals surface area contributed by atoms with Crippen molar-refractivity contribution in [1.29, 1.82) is 0 Å². The van der Waals surface area contributed by atoms with E-state index in [1.165, 1.54) is 10.5 Å². The van der Waals surface area contributed by atoms with Gasteiger partial charge in [0.2, 0.25) is 11.7 Å². The smallest absolute Gasteiger partial charge is 0.240 e. The molecule has 106 valence electrons. The summed E-state index contributed by atoms with van der Waals surface area (Å²) in [5, 5.41) is 4.14.